The largest absolute Gasteiger partial charge is 0.487 e. The van der Waals surface area contributed by atoms with Crippen LogP contribution in [0.15, 0.2) is 48.5 Å². The predicted molar refractivity (Wildman–Crippen MR) is 105 cm³/mol. The third-order valence-electron chi connectivity index (χ3n) is 5.05. The summed E-state index contributed by atoms with van der Waals surface area (Å²) >= 11 is 0. The van der Waals surface area contributed by atoms with Crippen molar-refractivity contribution in [2.45, 2.75) is 18.9 Å². The molecule has 9 heteroatoms. The molecule has 3 aromatic rings. The van der Waals surface area contributed by atoms with Crippen LogP contribution in [0.25, 0.3) is 0 Å². The van der Waals surface area contributed by atoms with Crippen molar-refractivity contribution in [3.63, 3.8) is 0 Å². The van der Waals surface area contributed by atoms with E-state index in [2.05, 4.69) is 10.2 Å². The van der Waals surface area contributed by atoms with Gasteiger partial charge < -0.3 is 14.4 Å². The molecule has 0 aliphatic carbocycles. The van der Waals surface area contributed by atoms with E-state index in [1.165, 1.54) is 12.1 Å². The maximum Gasteiger partial charge on any atom is 0.260 e. The van der Waals surface area contributed by atoms with E-state index in [1.54, 1.807) is 17.0 Å². The van der Waals surface area contributed by atoms with Crippen molar-refractivity contribution in [1.82, 2.24) is 15.1 Å². The van der Waals surface area contributed by atoms with Crippen LogP contribution in [0.1, 0.15) is 23.7 Å². The summed E-state index contributed by atoms with van der Waals surface area (Å²) in [5.74, 6) is -1.91. The fraction of sp³-hybridized carbons (Fsp3) is 0.273. The number of aromatic amines is 1. The van der Waals surface area contributed by atoms with Gasteiger partial charge in [-0.2, -0.15) is 5.10 Å². The molecule has 2 heterocycles. The standard InChI is InChI=1S/C22H20F3N3O3/c23-15-2-1-3-18(8-15)30-12-17-10-20(27-26-17)14-6-7-28(11-14)22(29)13-31-21-5-4-16(24)9-19(21)25/h1-5,8-10,14H,6-7,11-13H2,(H,26,27)/t14-/m0/s1. The minimum Gasteiger partial charge on any atom is -0.487 e. The van der Waals surface area contributed by atoms with Crippen LogP contribution in [0, 0.1) is 17.5 Å². The van der Waals surface area contributed by atoms with E-state index in [4.69, 9.17) is 9.47 Å². The van der Waals surface area contributed by atoms with Crippen LogP contribution in [0.5, 0.6) is 11.5 Å². The summed E-state index contributed by atoms with van der Waals surface area (Å²) in [7, 11) is 0. The Bertz CT molecular complexity index is 1070. The maximum atomic E-state index is 13.6. The number of rotatable bonds is 7. The molecule has 1 saturated heterocycles. The summed E-state index contributed by atoms with van der Waals surface area (Å²) < 4.78 is 50.5. The van der Waals surface area contributed by atoms with Gasteiger partial charge in [-0.25, -0.2) is 13.2 Å². The molecule has 31 heavy (non-hydrogen) atoms. The number of nitrogens with zero attached hydrogens (tertiary/aromatic N) is 2. The first-order valence-electron chi connectivity index (χ1n) is 9.76. The minimum atomic E-state index is -0.850. The van der Waals surface area contributed by atoms with Crippen molar-refractivity contribution in [2.75, 3.05) is 19.7 Å². The highest BCUT2D eigenvalue weighted by molar-refractivity contribution is 5.78. The van der Waals surface area contributed by atoms with Gasteiger partial charge in [-0.3, -0.25) is 9.89 Å². The molecule has 0 unspecified atom stereocenters. The third kappa shape index (κ3) is 5.17. The van der Waals surface area contributed by atoms with Gasteiger partial charge in [0.2, 0.25) is 0 Å². The molecule has 4 rings (SSSR count). The number of halogens is 3. The molecule has 0 spiro atoms. The number of likely N-dealkylation sites (tertiary alicyclic amines) is 1. The van der Waals surface area contributed by atoms with Gasteiger partial charge in [0.25, 0.3) is 5.91 Å². The van der Waals surface area contributed by atoms with E-state index in [-0.39, 0.29) is 36.6 Å². The van der Waals surface area contributed by atoms with E-state index in [1.807, 2.05) is 6.07 Å². The summed E-state index contributed by atoms with van der Waals surface area (Å²) in [6.07, 6.45) is 0.728. The van der Waals surface area contributed by atoms with Gasteiger partial charge in [-0.1, -0.05) is 6.07 Å². The smallest absolute Gasteiger partial charge is 0.260 e. The molecule has 1 aromatic heterocycles. The molecular formula is C22H20F3N3O3. The lowest BCUT2D eigenvalue weighted by Gasteiger charge is -2.16. The average Bonchev–Trinajstić information content (AvgIpc) is 3.41. The fourth-order valence-corrected chi connectivity index (χ4v) is 3.43. The number of aromatic nitrogens is 2. The van der Waals surface area contributed by atoms with Crippen LogP contribution in [-0.4, -0.2) is 40.7 Å². The van der Waals surface area contributed by atoms with Crippen molar-refractivity contribution in [2.24, 2.45) is 0 Å². The van der Waals surface area contributed by atoms with Gasteiger partial charge in [-0.15, -0.1) is 0 Å². The number of H-pyrrole nitrogens is 1. The van der Waals surface area contributed by atoms with Crippen LogP contribution in [0.2, 0.25) is 0 Å². The van der Waals surface area contributed by atoms with Crippen LogP contribution in [0.4, 0.5) is 13.2 Å². The van der Waals surface area contributed by atoms with E-state index >= 15 is 0 Å². The zero-order valence-corrected chi connectivity index (χ0v) is 16.5. The number of hydrogen-bond acceptors (Lipinski definition) is 4. The molecule has 6 nitrogen and oxygen atoms in total. The van der Waals surface area contributed by atoms with Crippen molar-refractivity contribution in [3.8, 4) is 11.5 Å². The first kappa shape index (κ1) is 20.8. The number of ether oxygens (including phenoxy) is 2. The van der Waals surface area contributed by atoms with Crippen molar-refractivity contribution < 1.29 is 27.4 Å². The van der Waals surface area contributed by atoms with Crippen molar-refractivity contribution >= 4 is 5.91 Å². The Balaban J connectivity index is 1.28. The molecule has 0 bridgehead atoms. The number of nitrogens with one attached hydrogen (secondary N) is 1. The number of amides is 1. The molecule has 1 aliphatic heterocycles. The molecule has 1 aliphatic rings. The Hall–Kier alpha value is -3.49. The molecule has 1 atom stereocenters. The topological polar surface area (TPSA) is 67.4 Å². The van der Waals surface area contributed by atoms with Crippen LogP contribution in [0.3, 0.4) is 0 Å². The number of benzene rings is 2. The van der Waals surface area contributed by atoms with E-state index in [0.29, 0.717) is 24.9 Å². The lowest BCUT2D eigenvalue weighted by atomic mass is 10.1. The second kappa shape index (κ2) is 9.11. The van der Waals surface area contributed by atoms with Crippen molar-refractivity contribution in [3.05, 3.63) is 77.4 Å². The summed E-state index contributed by atoms with van der Waals surface area (Å²) in [6, 6.07) is 10.7. The van der Waals surface area contributed by atoms with Crippen LogP contribution >= 0.6 is 0 Å². The summed E-state index contributed by atoms with van der Waals surface area (Å²) in [5.41, 5.74) is 1.54. The Morgan fingerprint density at radius 2 is 1.94 bits per heavy atom. The lowest BCUT2D eigenvalue weighted by Crippen LogP contribution is -2.33. The quantitative estimate of drug-likeness (QED) is 0.618. The normalized spacial score (nSPS) is 15.8. The summed E-state index contributed by atoms with van der Waals surface area (Å²) in [5, 5.41) is 7.20. The van der Waals surface area contributed by atoms with Gasteiger partial charge in [-0.05, 0) is 36.8 Å². The molecule has 0 saturated carbocycles. The highest BCUT2D eigenvalue weighted by Crippen LogP contribution is 2.27. The summed E-state index contributed by atoms with van der Waals surface area (Å²) in [4.78, 5) is 14.0. The van der Waals surface area contributed by atoms with Gasteiger partial charge in [0.05, 0.1) is 11.4 Å². The Morgan fingerprint density at radius 3 is 2.74 bits per heavy atom. The first-order valence-corrected chi connectivity index (χ1v) is 9.76. The highest BCUT2D eigenvalue weighted by Gasteiger charge is 2.29. The number of carbonyl (C=O) groups excluding carboxylic acids is 1. The minimum absolute atomic E-state index is 0.0469. The SMILES string of the molecule is O=C(COc1ccc(F)cc1F)N1CC[C@H](c2cc(COc3cccc(F)c3)[nH]n2)C1. The monoisotopic (exact) mass is 431 g/mol. The molecule has 2 aromatic carbocycles. The average molecular weight is 431 g/mol. The van der Waals surface area contributed by atoms with Gasteiger partial charge >= 0.3 is 0 Å². The van der Waals surface area contributed by atoms with Gasteiger partial charge in [0, 0.05) is 31.1 Å². The molecule has 1 N–H and O–H groups in total. The van der Waals surface area contributed by atoms with Crippen LogP contribution in [-0.2, 0) is 11.4 Å². The van der Waals surface area contributed by atoms with Gasteiger partial charge in [0.1, 0.15) is 24.0 Å². The predicted octanol–water partition coefficient (Wildman–Crippen LogP) is 3.80. The highest BCUT2D eigenvalue weighted by atomic mass is 19.1. The maximum absolute atomic E-state index is 13.6. The van der Waals surface area contributed by atoms with E-state index in [0.717, 1.165) is 29.9 Å². The number of carbonyl (C=O) groups is 1. The van der Waals surface area contributed by atoms with Crippen LogP contribution < -0.4 is 9.47 Å². The molecule has 1 amide bonds. The Morgan fingerprint density at radius 1 is 1.10 bits per heavy atom. The second-order valence-corrected chi connectivity index (χ2v) is 7.25. The molecule has 0 radical (unpaired) electrons. The Labute approximate surface area is 176 Å². The van der Waals surface area contributed by atoms with E-state index < -0.39 is 11.6 Å². The summed E-state index contributed by atoms with van der Waals surface area (Å²) in [6.45, 7) is 0.870. The zero-order valence-electron chi connectivity index (χ0n) is 16.5. The van der Waals surface area contributed by atoms with Crippen molar-refractivity contribution in [1.29, 1.82) is 0 Å². The molecule has 162 valence electrons. The fourth-order valence-electron chi connectivity index (χ4n) is 3.43. The first-order chi connectivity index (χ1) is 15.0. The number of hydrogen-bond donors (Lipinski definition) is 1. The Kier molecular flexibility index (Phi) is 6.11. The lowest BCUT2D eigenvalue weighted by molar-refractivity contribution is -0.132. The molecular weight excluding hydrogens is 411 g/mol. The van der Waals surface area contributed by atoms with E-state index in [9.17, 15) is 18.0 Å². The third-order valence-corrected chi connectivity index (χ3v) is 5.05. The second-order valence-electron chi connectivity index (χ2n) is 7.25. The molecule has 1 fully saturated rings. The van der Waals surface area contributed by atoms with Gasteiger partial charge in [0.15, 0.2) is 18.2 Å². The zero-order chi connectivity index (χ0) is 21.8.